The number of hydrogen-bond acceptors (Lipinski definition) is 9. The first-order valence-corrected chi connectivity index (χ1v) is 13.2. The molecule has 2 N–H and O–H groups in total. The van der Waals surface area contributed by atoms with Gasteiger partial charge < -0.3 is 14.9 Å². The summed E-state index contributed by atoms with van der Waals surface area (Å²) < 4.78 is 34.1. The summed E-state index contributed by atoms with van der Waals surface area (Å²) in [6.45, 7) is 3.50. The van der Waals surface area contributed by atoms with Crippen molar-refractivity contribution in [3.8, 4) is 22.9 Å². The SMILES string of the molecule is Cc1nc(C)c(S(=O)(=O)n2cc(-c3ncc(COc4ccc(O)c(C(=O)O)c4)cn3)c3ccccc32)s1. The molecule has 10 nitrogen and oxygen atoms in total. The summed E-state index contributed by atoms with van der Waals surface area (Å²) in [5.41, 5.74) is 1.85. The van der Waals surface area contributed by atoms with Gasteiger partial charge in [0.25, 0.3) is 10.0 Å². The summed E-state index contributed by atoms with van der Waals surface area (Å²) in [6.07, 6.45) is 4.63. The summed E-state index contributed by atoms with van der Waals surface area (Å²) in [6, 6.07) is 11.1. The van der Waals surface area contributed by atoms with E-state index in [0.29, 0.717) is 38.6 Å². The monoisotopic (exact) mass is 536 g/mol. The average molecular weight is 537 g/mol. The van der Waals surface area contributed by atoms with Gasteiger partial charge in [-0.05, 0) is 38.1 Å². The number of aromatic nitrogens is 4. The predicted molar refractivity (Wildman–Crippen MR) is 137 cm³/mol. The number of hydrogen-bond donors (Lipinski definition) is 2. The van der Waals surface area contributed by atoms with Gasteiger partial charge in [0, 0.05) is 35.1 Å². The second kappa shape index (κ2) is 9.30. The predicted octanol–water partition coefficient (Wildman–Crippen LogP) is 4.39. The molecular weight excluding hydrogens is 516 g/mol. The minimum atomic E-state index is -3.89. The third-order valence-corrected chi connectivity index (χ3v) is 8.92. The number of aromatic hydroxyl groups is 1. The highest BCUT2D eigenvalue weighted by Crippen LogP contribution is 2.33. The van der Waals surface area contributed by atoms with Crippen molar-refractivity contribution < 1.29 is 28.2 Å². The molecule has 0 radical (unpaired) electrons. The quantitative estimate of drug-likeness (QED) is 0.309. The van der Waals surface area contributed by atoms with Gasteiger partial charge in [0.1, 0.15) is 23.7 Å². The number of carboxylic acids is 1. The number of carbonyl (C=O) groups is 1. The van der Waals surface area contributed by atoms with Gasteiger partial charge in [-0.15, -0.1) is 11.3 Å². The Morgan fingerprint density at radius 2 is 1.84 bits per heavy atom. The van der Waals surface area contributed by atoms with E-state index in [0.717, 1.165) is 11.3 Å². The molecule has 0 atom stereocenters. The van der Waals surface area contributed by atoms with Gasteiger partial charge in [0.15, 0.2) is 10.0 Å². The molecule has 3 heterocycles. The molecule has 2 aromatic carbocycles. The summed E-state index contributed by atoms with van der Waals surface area (Å²) in [5, 5.41) is 20.1. The number of rotatable bonds is 7. The van der Waals surface area contributed by atoms with Crippen LogP contribution in [-0.4, -0.2) is 43.5 Å². The number of aryl methyl sites for hydroxylation is 2. The zero-order valence-electron chi connectivity index (χ0n) is 19.6. The first kappa shape index (κ1) is 24.4. The van der Waals surface area contributed by atoms with E-state index in [9.17, 15) is 18.3 Å². The van der Waals surface area contributed by atoms with Gasteiger partial charge in [-0.2, -0.15) is 8.42 Å². The molecule has 0 aliphatic carbocycles. The van der Waals surface area contributed by atoms with Gasteiger partial charge in [0.2, 0.25) is 0 Å². The average Bonchev–Trinajstić information content (AvgIpc) is 3.44. The largest absolute Gasteiger partial charge is 0.507 e. The highest BCUT2D eigenvalue weighted by molar-refractivity contribution is 7.92. The Labute approximate surface area is 215 Å². The van der Waals surface area contributed by atoms with Gasteiger partial charge in [-0.3, -0.25) is 0 Å². The van der Waals surface area contributed by atoms with Crippen molar-refractivity contribution in [2.45, 2.75) is 24.7 Å². The molecule has 0 fully saturated rings. The Morgan fingerprint density at radius 1 is 1.11 bits per heavy atom. The van der Waals surface area contributed by atoms with Crippen molar-refractivity contribution in [2.24, 2.45) is 0 Å². The van der Waals surface area contributed by atoms with Crippen LogP contribution in [0, 0.1) is 13.8 Å². The molecule has 0 bridgehead atoms. The molecular formula is C25H20N4O6S2. The summed E-state index contributed by atoms with van der Waals surface area (Å²) in [4.78, 5) is 24.3. The van der Waals surface area contributed by atoms with Crippen LogP contribution in [0.5, 0.6) is 11.5 Å². The van der Waals surface area contributed by atoms with E-state index in [-0.39, 0.29) is 27.9 Å². The fraction of sp³-hybridized carbons (Fsp3) is 0.120. The van der Waals surface area contributed by atoms with E-state index >= 15 is 0 Å². The van der Waals surface area contributed by atoms with Gasteiger partial charge in [-0.25, -0.2) is 23.7 Å². The zero-order valence-corrected chi connectivity index (χ0v) is 21.2. The minimum absolute atomic E-state index is 0.0598. The van der Waals surface area contributed by atoms with Crippen molar-refractivity contribution in [1.29, 1.82) is 0 Å². The van der Waals surface area contributed by atoms with Crippen LogP contribution in [0.1, 0.15) is 26.6 Å². The zero-order chi connectivity index (χ0) is 26.3. The van der Waals surface area contributed by atoms with Crippen molar-refractivity contribution in [2.75, 3.05) is 0 Å². The standard InChI is InChI=1S/C25H20N4O6S2/c1-14-25(36-15(2)28-14)37(33,34)29-12-20(18-5-3-4-6-21(18)29)23-26-10-16(11-27-23)13-35-17-7-8-22(30)19(9-17)24(31)32/h3-12,30H,13H2,1-2H3,(H,31,32). The highest BCUT2D eigenvalue weighted by Gasteiger charge is 2.26. The number of fused-ring (bicyclic) bond motifs is 1. The van der Waals surface area contributed by atoms with Gasteiger partial charge >= 0.3 is 5.97 Å². The summed E-state index contributed by atoms with van der Waals surface area (Å²) in [7, 11) is -3.89. The first-order valence-electron chi connectivity index (χ1n) is 11.0. The fourth-order valence-corrected chi connectivity index (χ4v) is 6.81. The molecule has 0 saturated heterocycles. The van der Waals surface area contributed by atoms with Gasteiger partial charge in [-0.1, -0.05) is 18.2 Å². The maximum atomic E-state index is 13.5. The third-order valence-electron chi connectivity index (χ3n) is 5.58. The molecule has 3 aromatic heterocycles. The van der Waals surface area contributed by atoms with Crippen LogP contribution in [0.25, 0.3) is 22.3 Å². The van der Waals surface area contributed by atoms with Crippen LogP contribution in [0.3, 0.4) is 0 Å². The van der Waals surface area contributed by atoms with Crippen LogP contribution < -0.4 is 4.74 Å². The number of thiazole rings is 1. The molecule has 0 aliphatic heterocycles. The Balaban J connectivity index is 1.45. The Hall–Kier alpha value is -4.29. The normalized spacial score (nSPS) is 11.6. The molecule has 5 aromatic rings. The van der Waals surface area contributed by atoms with Crippen LogP contribution in [0.15, 0.2) is 65.3 Å². The lowest BCUT2D eigenvalue weighted by atomic mass is 10.1. The maximum absolute atomic E-state index is 13.5. The molecule has 37 heavy (non-hydrogen) atoms. The molecule has 0 spiro atoms. The molecule has 5 rings (SSSR count). The molecule has 0 saturated carbocycles. The lowest BCUT2D eigenvalue weighted by Crippen LogP contribution is -2.11. The maximum Gasteiger partial charge on any atom is 0.339 e. The molecule has 0 amide bonds. The van der Waals surface area contributed by atoms with E-state index < -0.39 is 16.0 Å². The number of benzene rings is 2. The van der Waals surface area contributed by atoms with Crippen LogP contribution in [0.2, 0.25) is 0 Å². The summed E-state index contributed by atoms with van der Waals surface area (Å²) in [5.74, 6) is -1.02. The molecule has 0 aliphatic rings. The Bertz CT molecular complexity index is 1760. The summed E-state index contributed by atoms with van der Waals surface area (Å²) >= 11 is 1.13. The van der Waals surface area contributed by atoms with Crippen LogP contribution in [-0.2, 0) is 16.6 Å². The number of carboxylic acid groups (broad SMARTS) is 1. The topological polar surface area (TPSA) is 144 Å². The molecule has 12 heteroatoms. The van der Waals surface area contributed by atoms with Gasteiger partial charge in [0.05, 0.1) is 16.2 Å². The second-order valence-corrected chi connectivity index (χ2v) is 11.4. The van der Waals surface area contributed by atoms with Crippen molar-refractivity contribution in [1.82, 2.24) is 18.9 Å². The number of phenols is 1. The number of ether oxygens (including phenoxy) is 1. The smallest absolute Gasteiger partial charge is 0.339 e. The lowest BCUT2D eigenvalue weighted by molar-refractivity contribution is 0.0693. The van der Waals surface area contributed by atoms with E-state index in [4.69, 9.17) is 9.84 Å². The lowest BCUT2D eigenvalue weighted by Gasteiger charge is -2.08. The van der Waals surface area contributed by atoms with E-state index in [1.165, 1.54) is 28.4 Å². The Kier molecular flexibility index (Phi) is 6.13. The van der Waals surface area contributed by atoms with Crippen molar-refractivity contribution in [3.05, 3.63) is 82.9 Å². The van der Waals surface area contributed by atoms with Crippen molar-refractivity contribution in [3.63, 3.8) is 0 Å². The highest BCUT2D eigenvalue weighted by atomic mass is 32.2. The third kappa shape index (κ3) is 4.52. The van der Waals surface area contributed by atoms with E-state index in [2.05, 4.69) is 15.0 Å². The fourth-order valence-electron chi connectivity index (χ4n) is 3.88. The van der Waals surface area contributed by atoms with E-state index in [1.807, 2.05) is 12.1 Å². The van der Waals surface area contributed by atoms with Crippen LogP contribution in [0.4, 0.5) is 0 Å². The van der Waals surface area contributed by atoms with Crippen molar-refractivity contribution >= 4 is 38.2 Å². The van der Waals surface area contributed by atoms with Crippen LogP contribution >= 0.6 is 11.3 Å². The first-order chi connectivity index (χ1) is 17.6. The number of para-hydroxylation sites is 1. The number of nitrogens with zero attached hydrogens (tertiary/aromatic N) is 4. The second-order valence-electron chi connectivity index (χ2n) is 8.15. The van der Waals surface area contributed by atoms with E-state index in [1.54, 1.807) is 38.4 Å². The molecule has 0 unspecified atom stereocenters. The number of aromatic carboxylic acids is 1. The Morgan fingerprint density at radius 3 is 2.51 bits per heavy atom. The molecule has 188 valence electrons. The minimum Gasteiger partial charge on any atom is -0.507 e.